The lowest BCUT2D eigenvalue weighted by Crippen LogP contribution is -2.40. The van der Waals surface area contributed by atoms with E-state index in [9.17, 15) is 4.39 Å². The number of hydrazine groups is 1. The highest BCUT2D eigenvalue weighted by molar-refractivity contribution is 6.31. The van der Waals surface area contributed by atoms with Gasteiger partial charge in [-0.3, -0.25) is 9.69 Å². The van der Waals surface area contributed by atoms with Crippen molar-refractivity contribution in [2.75, 3.05) is 12.3 Å². The summed E-state index contributed by atoms with van der Waals surface area (Å²) in [6.45, 7) is 6.12. The Morgan fingerprint density at radius 3 is 2.80 bits per heavy atom. The van der Waals surface area contributed by atoms with Gasteiger partial charge in [-0.25, -0.2) is 15.2 Å². The minimum Gasteiger partial charge on any atom is -0.383 e. The molecule has 2 aromatic heterocycles. The monoisotopic (exact) mass is 502 g/mol. The summed E-state index contributed by atoms with van der Waals surface area (Å²) in [7, 11) is 0. The van der Waals surface area contributed by atoms with E-state index in [-0.39, 0.29) is 23.2 Å². The standard InChI is InChI=1S/C25H36ClFN8/c1-4-5-6-22(26)23(27)15-34(30)25(33-29)21-11-19(12-31-24(21)28)20-13-32-35(14-20)17(3)10-18-8-7-16(2)9-18/h5-6,11-14,16-18H,4,7-10,15,29-30H2,1-3H3,(H2,28,31)/b6-5-,23-22-,33-25-. The number of hydrogen-bond acceptors (Lipinski definition) is 6. The van der Waals surface area contributed by atoms with Gasteiger partial charge in [-0.15, -0.1) is 0 Å². The van der Waals surface area contributed by atoms with Gasteiger partial charge in [0, 0.05) is 29.6 Å². The number of hydrogen-bond donors (Lipinski definition) is 3. The third-order valence-corrected chi connectivity index (χ3v) is 6.82. The van der Waals surface area contributed by atoms with Gasteiger partial charge in [0.2, 0.25) is 0 Å². The molecule has 3 atom stereocenters. The predicted octanol–water partition coefficient (Wildman–Crippen LogP) is 5.10. The van der Waals surface area contributed by atoms with Gasteiger partial charge in [0.05, 0.1) is 23.3 Å². The van der Waals surface area contributed by atoms with Crippen molar-refractivity contribution >= 4 is 23.3 Å². The van der Waals surface area contributed by atoms with Crippen LogP contribution >= 0.6 is 11.6 Å². The second-order valence-electron chi connectivity index (χ2n) is 9.38. The molecule has 8 nitrogen and oxygen atoms in total. The van der Waals surface area contributed by atoms with E-state index >= 15 is 0 Å². The molecule has 1 fully saturated rings. The van der Waals surface area contributed by atoms with Gasteiger partial charge in [-0.1, -0.05) is 44.4 Å². The molecule has 0 radical (unpaired) electrons. The van der Waals surface area contributed by atoms with E-state index in [4.69, 9.17) is 29.0 Å². The molecular weight excluding hydrogens is 467 g/mol. The highest BCUT2D eigenvalue weighted by Crippen LogP contribution is 2.36. The van der Waals surface area contributed by atoms with Gasteiger partial charge in [0.15, 0.2) is 5.84 Å². The van der Waals surface area contributed by atoms with Crippen molar-refractivity contribution in [1.29, 1.82) is 0 Å². The second-order valence-corrected chi connectivity index (χ2v) is 9.79. The number of rotatable bonds is 9. The fourth-order valence-electron chi connectivity index (χ4n) is 4.58. The maximum atomic E-state index is 14.5. The van der Waals surface area contributed by atoms with Crippen LogP contribution < -0.4 is 17.4 Å². The Morgan fingerprint density at radius 2 is 2.14 bits per heavy atom. The first-order chi connectivity index (χ1) is 16.7. The van der Waals surface area contributed by atoms with Crippen molar-refractivity contribution in [2.24, 2.45) is 28.6 Å². The summed E-state index contributed by atoms with van der Waals surface area (Å²) in [5.41, 5.74) is 8.14. The Morgan fingerprint density at radius 1 is 1.37 bits per heavy atom. The average molecular weight is 503 g/mol. The lowest BCUT2D eigenvalue weighted by molar-refractivity contribution is 0.362. The number of anilines is 1. The Balaban J connectivity index is 1.78. The van der Waals surface area contributed by atoms with Crippen LogP contribution in [-0.4, -0.2) is 32.2 Å². The molecule has 0 amide bonds. The Hall–Kier alpha value is -2.91. The summed E-state index contributed by atoms with van der Waals surface area (Å²) in [6, 6.07) is 2.07. The topological polar surface area (TPSA) is 124 Å². The minimum atomic E-state index is -0.616. The maximum absolute atomic E-state index is 14.5. The van der Waals surface area contributed by atoms with Gasteiger partial charge in [0.1, 0.15) is 11.6 Å². The summed E-state index contributed by atoms with van der Waals surface area (Å²) in [4.78, 5) is 4.29. The summed E-state index contributed by atoms with van der Waals surface area (Å²) in [6.07, 6.45) is 14.4. The van der Waals surface area contributed by atoms with Crippen LogP contribution in [0.1, 0.15) is 64.5 Å². The lowest BCUT2D eigenvalue weighted by atomic mass is 9.98. The number of amidine groups is 1. The number of hydrazone groups is 1. The third kappa shape index (κ3) is 6.82. The summed E-state index contributed by atoms with van der Waals surface area (Å²) in [5, 5.41) is 9.35. The molecule has 1 aliphatic carbocycles. The normalized spacial score (nSPS) is 20.3. The van der Waals surface area contributed by atoms with Crippen LogP contribution in [-0.2, 0) is 0 Å². The maximum Gasteiger partial charge on any atom is 0.173 e. The number of nitrogen functional groups attached to an aromatic ring is 1. The van der Waals surface area contributed by atoms with E-state index in [0.717, 1.165) is 40.8 Å². The third-order valence-electron chi connectivity index (χ3n) is 6.49. The molecule has 3 unspecified atom stereocenters. The predicted molar refractivity (Wildman–Crippen MR) is 141 cm³/mol. The first kappa shape index (κ1) is 26.7. The number of aromatic nitrogens is 3. The lowest BCUT2D eigenvalue weighted by Gasteiger charge is -2.20. The van der Waals surface area contributed by atoms with Crippen molar-refractivity contribution in [3.05, 3.63) is 53.2 Å². The highest BCUT2D eigenvalue weighted by Gasteiger charge is 2.24. The molecule has 2 heterocycles. The molecule has 0 bridgehead atoms. The molecular formula is C25H36ClFN8. The summed E-state index contributed by atoms with van der Waals surface area (Å²) in [5.74, 6) is 12.9. The smallest absolute Gasteiger partial charge is 0.173 e. The SMILES string of the molecule is CC/C=C\C(Cl)=C(\F)CN(N)/C(=N\N)c1cc(-c2cnn(C(C)CC3CCC(C)C3)c2)cnc1N. The van der Waals surface area contributed by atoms with Crippen LogP contribution in [0.15, 0.2) is 52.8 Å². The van der Waals surface area contributed by atoms with Gasteiger partial charge < -0.3 is 11.6 Å². The Labute approximate surface area is 211 Å². The molecule has 1 aliphatic rings. The number of pyridine rings is 1. The number of halogens is 2. The van der Waals surface area contributed by atoms with Crippen molar-refractivity contribution < 1.29 is 4.39 Å². The van der Waals surface area contributed by atoms with Crippen LogP contribution in [0, 0.1) is 11.8 Å². The van der Waals surface area contributed by atoms with E-state index in [2.05, 4.69) is 29.0 Å². The Bertz CT molecular complexity index is 1090. The first-order valence-electron chi connectivity index (χ1n) is 12.0. The fourth-order valence-corrected chi connectivity index (χ4v) is 4.73. The van der Waals surface area contributed by atoms with Crippen molar-refractivity contribution in [1.82, 2.24) is 19.8 Å². The van der Waals surface area contributed by atoms with Gasteiger partial charge >= 0.3 is 0 Å². The largest absolute Gasteiger partial charge is 0.383 e. The molecule has 0 saturated heterocycles. The van der Waals surface area contributed by atoms with E-state index in [0.29, 0.717) is 11.6 Å². The summed E-state index contributed by atoms with van der Waals surface area (Å²) < 4.78 is 16.5. The molecule has 35 heavy (non-hydrogen) atoms. The van der Waals surface area contributed by atoms with Crippen molar-refractivity contribution in [3.8, 4) is 11.1 Å². The highest BCUT2D eigenvalue weighted by atomic mass is 35.5. The van der Waals surface area contributed by atoms with E-state index < -0.39 is 5.83 Å². The van der Waals surface area contributed by atoms with E-state index in [1.807, 2.05) is 17.8 Å². The quantitative estimate of drug-likeness (QED) is 0.144. The molecule has 190 valence electrons. The van der Waals surface area contributed by atoms with Gasteiger partial charge in [-0.2, -0.15) is 10.2 Å². The van der Waals surface area contributed by atoms with Crippen LogP contribution in [0.2, 0.25) is 0 Å². The van der Waals surface area contributed by atoms with Gasteiger partial charge in [0.25, 0.3) is 0 Å². The first-order valence-corrected chi connectivity index (χ1v) is 12.4. The Kier molecular flexibility index (Phi) is 9.28. The molecule has 1 saturated carbocycles. The van der Waals surface area contributed by atoms with E-state index in [1.54, 1.807) is 24.5 Å². The molecule has 10 heteroatoms. The zero-order chi connectivity index (χ0) is 25.5. The average Bonchev–Trinajstić information content (AvgIpc) is 3.48. The van der Waals surface area contributed by atoms with E-state index in [1.165, 1.54) is 25.3 Å². The van der Waals surface area contributed by atoms with Crippen LogP contribution in [0.3, 0.4) is 0 Å². The fraction of sp³-hybridized carbons (Fsp3) is 0.480. The zero-order valence-electron chi connectivity index (χ0n) is 20.7. The molecule has 3 rings (SSSR count). The number of nitrogens with zero attached hydrogens (tertiary/aromatic N) is 5. The van der Waals surface area contributed by atoms with Crippen LogP contribution in [0.5, 0.6) is 0 Å². The molecule has 0 aromatic carbocycles. The molecule has 6 N–H and O–H groups in total. The second kappa shape index (κ2) is 12.2. The van der Waals surface area contributed by atoms with Crippen molar-refractivity contribution in [2.45, 2.75) is 58.9 Å². The van der Waals surface area contributed by atoms with Crippen LogP contribution in [0.4, 0.5) is 10.2 Å². The summed E-state index contributed by atoms with van der Waals surface area (Å²) >= 11 is 5.99. The van der Waals surface area contributed by atoms with Crippen LogP contribution in [0.25, 0.3) is 11.1 Å². The van der Waals surface area contributed by atoms with Crippen molar-refractivity contribution in [3.63, 3.8) is 0 Å². The number of nitrogens with two attached hydrogens (primary N) is 3. The van der Waals surface area contributed by atoms with Gasteiger partial charge in [-0.05, 0) is 50.2 Å². The molecule has 0 aliphatic heterocycles. The minimum absolute atomic E-state index is 0.0351. The number of allylic oxidation sites excluding steroid dienone is 3. The molecule has 2 aromatic rings. The molecule has 0 spiro atoms. The zero-order valence-corrected chi connectivity index (χ0v) is 21.4.